The number of halogens is 2. The van der Waals surface area contributed by atoms with Crippen molar-refractivity contribution in [3.05, 3.63) is 69.6 Å². The molecular weight excluding hydrogens is 455 g/mol. The van der Waals surface area contributed by atoms with Crippen molar-refractivity contribution in [2.75, 3.05) is 6.26 Å². The number of benzene rings is 2. The van der Waals surface area contributed by atoms with Crippen LogP contribution in [0.3, 0.4) is 0 Å². The maximum absolute atomic E-state index is 13.7. The molecule has 3 aromatic rings. The monoisotopic (exact) mass is 474 g/mol. The lowest BCUT2D eigenvalue weighted by Gasteiger charge is -2.24. The van der Waals surface area contributed by atoms with Gasteiger partial charge in [-0.2, -0.15) is 0 Å². The van der Waals surface area contributed by atoms with Crippen LogP contribution in [0.15, 0.2) is 51.8 Å². The van der Waals surface area contributed by atoms with Crippen molar-refractivity contribution in [3.63, 3.8) is 0 Å². The van der Waals surface area contributed by atoms with E-state index in [1.807, 2.05) is 20.1 Å². The molecule has 1 atom stereocenters. The zero-order chi connectivity index (χ0) is 21.3. The maximum Gasteiger partial charge on any atom is 0.262 e. The fraction of sp³-hybridized carbons (Fsp3) is 0.227. The second-order valence-electron chi connectivity index (χ2n) is 6.21. The first-order valence-corrected chi connectivity index (χ1v) is 11.3. The number of thioether (sulfide) groups is 1. The van der Waals surface area contributed by atoms with Crippen LogP contribution in [0, 0.1) is 5.82 Å². The summed E-state index contributed by atoms with van der Waals surface area (Å²) in [5.41, 5.74) is 1.98. The molecule has 0 N–H and O–H groups in total. The average Bonchev–Trinajstić information content (AvgIpc) is 2.99. The number of amides is 2. The van der Waals surface area contributed by atoms with Crippen molar-refractivity contribution in [1.82, 2.24) is 9.88 Å². The molecule has 0 spiro atoms. The molecule has 1 unspecified atom stereocenters. The van der Waals surface area contributed by atoms with E-state index in [-0.39, 0.29) is 17.6 Å². The standard InChI is InChI=1S/C20H14BrFN2O2S.C2H6/c1-10(24-19(25)12-5-3-4-6-13(12)20(24)26)17-16(21)18(27-2)14-9-11(22)7-8-15(14)23-17;1-2/h3-10H,1-2H3;1-2H3. The molecule has 0 bridgehead atoms. The third-order valence-electron chi connectivity index (χ3n) is 4.68. The van der Waals surface area contributed by atoms with Crippen LogP contribution in [0.25, 0.3) is 10.9 Å². The van der Waals surface area contributed by atoms with E-state index in [0.29, 0.717) is 32.2 Å². The summed E-state index contributed by atoms with van der Waals surface area (Å²) in [6.07, 6.45) is 1.89. The number of hydrogen-bond donors (Lipinski definition) is 0. The minimum Gasteiger partial charge on any atom is -0.269 e. The number of carbonyl (C=O) groups excluding carboxylic acids is 2. The van der Waals surface area contributed by atoms with Gasteiger partial charge in [0.2, 0.25) is 0 Å². The molecule has 2 heterocycles. The number of nitrogens with zero attached hydrogens (tertiary/aromatic N) is 2. The zero-order valence-corrected chi connectivity index (χ0v) is 18.9. The van der Waals surface area contributed by atoms with Crippen LogP contribution in [0.1, 0.15) is 53.2 Å². The van der Waals surface area contributed by atoms with Crippen molar-refractivity contribution in [2.24, 2.45) is 0 Å². The quantitative estimate of drug-likeness (QED) is 0.332. The predicted molar refractivity (Wildman–Crippen MR) is 118 cm³/mol. The van der Waals surface area contributed by atoms with Crippen molar-refractivity contribution >= 4 is 50.4 Å². The number of hydrogen-bond acceptors (Lipinski definition) is 4. The Morgan fingerprint density at radius 3 is 2.21 bits per heavy atom. The second kappa shape index (κ2) is 8.63. The van der Waals surface area contributed by atoms with Crippen LogP contribution < -0.4 is 0 Å². The van der Waals surface area contributed by atoms with E-state index >= 15 is 0 Å². The third kappa shape index (κ3) is 3.57. The van der Waals surface area contributed by atoms with Gasteiger partial charge in [-0.3, -0.25) is 14.5 Å². The molecule has 0 saturated heterocycles. The Morgan fingerprint density at radius 1 is 1.07 bits per heavy atom. The minimum atomic E-state index is -0.577. The molecule has 4 nitrogen and oxygen atoms in total. The summed E-state index contributed by atoms with van der Waals surface area (Å²) in [6, 6.07) is 10.6. The van der Waals surface area contributed by atoms with Gasteiger partial charge < -0.3 is 0 Å². The van der Waals surface area contributed by atoms with E-state index in [1.165, 1.54) is 28.8 Å². The highest BCUT2D eigenvalue weighted by molar-refractivity contribution is 9.10. The van der Waals surface area contributed by atoms with E-state index in [2.05, 4.69) is 20.9 Å². The van der Waals surface area contributed by atoms with E-state index in [9.17, 15) is 14.0 Å². The first kappa shape index (κ1) is 21.5. The van der Waals surface area contributed by atoms with Gasteiger partial charge in [-0.15, -0.1) is 11.8 Å². The molecule has 7 heteroatoms. The molecule has 0 saturated carbocycles. The van der Waals surface area contributed by atoms with Crippen molar-refractivity contribution in [3.8, 4) is 0 Å². The number of aromatic nitrogens is 1. The molecule has 0 aliphatic carbocycles. The normalized spacial score (nSPS) is 13.9. The molecule has 1 aliphatic heterocycles. The van der Waals surface area contributed by atoms with Crippen LogP contribution in [-0.4, -0.2) is 28.0 Å². The first-order chi connectivity index (χ1) is 13.9. The fourth-order valence-corrected chi connectivity index (χ4v) is 5.15. The van der Waals surface area contributed by atoms with Crippen LogP contribution in [0.2, 0.25) is 0 Å². The summed E-state index contributed by atoms with van der Waals surface area (Å²) in [5, 5.41) is 0.688. The molecule has 0 radical (unpaired) electrons. The number of fused-ring (bicyclic) bond motifs is 2. The number of carbonyl (C=O) groups is 2. The summed E-state index contributed by atoms with van der Waals surface area (Å²) < 4.78 is 14.4. The van der Waals surface area contributed by atoms with Gasteiger partial charge in [0.15, 0.2) is 0 Å². The van der Waals surface area contributed by atoms with E-state index in [4.69, 9.17) is 0 Å². The highest BCUT2D eigenvalue weighted by Gasteiger charge is 2.40. The SMILES string of the molecule is CC.CSc1c(Br)c(C(C)N2C(=O)c3ccccc3C2=O)nc2ccc(F)cc12. The predicted octanol–water partition coefficient (Wildman–Crippen LogP) is 6.24. The van der Waals surface area contributed by atoms with E-state index in [1.54, 1.807) is 37.3 Å². The Bertz CT molecular complexity index is 1080. The molecule has 0 fully saturated rings. The summed E-state index contributed by atoms with van der Waals surface area (Å²) in [6.45, 7) is 5.77. The molecule has 2 amide bonds. The molecule has 1 aliphatic rings. The number of imide groups is 1. The molecule has 1 aromatic heterocycles. The van der Waals surface area contributed by atoms with E-state index < -0.39 is 6.04 Å². The second-order valence-corrected chi connectivity index (χ2v) is 7.82. The maximum atomic E-state index is 13.7. The fourth-order valence-electron chi connectivity index (χ4n) is 3.36. The van der Waals surface area contributed by atoms with Crippen molar-refractivity contribution in [1.29, 1.82) is 0 Å². The van der Waals surface area contributed by atoms with Gasteiger partial charge in [0, 0.05) is 10.3 Å². The van der Waals surface area contributed by atoms with Crippen LogP contribution in [0.4, 0.5) is 4.39 Å². The lowest BCUT2D eigenvalue weighted by molar-refractivity contribution is 0.0591. The van der Waals surface area contributed by atoms with Crippen LogP contribution >= 0.6 is 27.7 Å². The van der Waals surface area contributed by atoms with Gasteiger partial charge in [0.05, 0.1) is 32.9 Å². The van der Waals surface area contributed by atoms with Gasteiger partial charge in [0.1, 0.15) is 5.82 Å². The summed E-state index contributed by atoms with van der Waals surface area (Å²) in [7, 11) is 0. The molecule has 150 valence electrons. The van der Waals surface area contributed by atoms with Gasteiger partial charge in [-0.1, -0.05) is 26.0 Å². The Hall–Kier alpha value is -2.25. The van der Waals surface area contributed by atoms with Gasteiger partial charge in [-0.05, 0) is 59.4 Å². The first-order valence-electron chi connectivity index (χ1n) is 9.23. The topological polar surface area (TPSA) is 50.3 Å². The van der Waals surface area contributed by atoms with Crippen molar-refractivity contribution < 1.29 is 14.0 Å². The Labute approximate surface area is 181 Å². The Morgan fingerprint density at radius 2 is 1.66 bits per heavy atom. The van der Waals surface area contributed by atoms with Crippen molar-refractivity contribution in [2.45, 2.75) is 31.7 Å². The number of rotatable bonds is 3. The van der Waals surface area contributed by atoms with Crippen LogP contribution in [0.5, 0.6) is 0 Å². The van der Waals surface area contributed by atoms with Gasteiger partial charge in [0.25, 0.3) is 11.8 Å². The average molecular weight is 475 g/mol. The lowest BCUT2D eigenvalue weighted by Crippen LogP contribution is -2.33. The molecular formula is C22H20BrFN2O2S. The Balaban J connectivity index is 0.00000117. The van der Waals surface area contributed by atoms with Crippen LogP contribution in [-0.2, 0) is 0 Å². The highest BCUT2D eigenvalue weighted by atomic mass is 79.9. The smallest absolute Gasteiger partial charge is 0.262 e. The molecule has 4 rings (SSSR count). The zero-order valence-electron chi connectivity index (χ0n) is 16.5. The summed E-state index contributed by atoms with van der Waals surface area (Å²) >= 11 is 5.01. The third-order valence-corrected chi connectivity index (χ3v) is 6.58. The lowest BCUT2D eigenvalue weighted by atomic mass is 10.1. The molecule has 29 heavy (non-hydrogen) atoms. The Kier molecular flexibility index (Phi) is 6.39. The molecule has 2 aromatic carbocycles. The number of pyridine rings is 1. The summed E-state index contributed by atoms with van der Waals surface area (Å²) in [5.74, 6) is -1.00. The van der Waals surface area contributed by atoms with Gasteiger partial charge in [-0.25, -0.2) is 9.37 Å². The minimum absolute atomic E-state index is 0.332. The largest absolute Gasteiger partial charge is 0.269 e. The van der Waals surface area contributed by atoms with Gasteiger partial charge >= 0.3 is 0 Å². The summed E-state index contributed by atoms with van der Waals surface area (Å²) in [4.78, 5) is 32.3. The van der Waals surface area contributed by atoms with E-state index in [0.717, 1.165) is 4.90 Å². The highest BCUT2D eigenvalue weighted by Crippen LogP contribution is 2.40.